The molecule has 0 bridgehead atoms. The largest absolute Gasteiger partial charge is 0.350 e. The van der Waals surface area contributed by atoms with Crippen LogP contribution < -0.4 is 9.62 Å². The van der Waals surface area contributed by atoms with Gasteiger partial charge >= 0.3 is 0 Å². The molecule has 0 fully saturated rings. The lowest BCUT2D eigenvalue weighted by molar-refractivity contribution is -0.140. The summed E-state index contributed by atoms with van der Waals surface area (Å²) in [6.45, 7) is 8.34. The van der Waals surface area contributed by atoms with E-state index in [0.717, 1.165) is 9.87 Å². The highest BCUT2D eigenvalue weighted by Gasteiger charge is 2.34. The molecule has 0 aromatic heterocycles. The Kier molecular flexibility index (Phi) is 10.2. The first kappa shape index (κ1) is 31.7. The Labute approximate surface area is 251 Å². The van der Waals surface area contributed by atoms with Crippen LogP contribution in [0.1, 0.15) is 38.8 Å². The maximum atomic E-state index is 14.0. The van der Waals surface area contributed by atoms with Crippen LogP contribution >= 0.6 is 34.8 Å². The van der Waals surface area contributed by atoms with Gasteiger partial charge < -0.3 is 10.2 Å². The van der Waals surface area contributed by atoms with Crippen molar-refractivity contribution in [3.63, 3.8) is 0 Å². The van der Waals surface area contributed by atoms with Crippen LogP contribution in [0.4, 0.5) is 5.69 Å². The molecule has 1 N–H and O–H groups in total. The molecule has 0 saturated heterocycles. The predicted molar refractivity (Wildman–Crippen MR) is 162 cm³/mol. The Morgan fingerprint density at radius 1 is 0.925 bits per heavy atom. The van der Waals surface area contributed by atoms with Gasteiger partial charge in [0.2, 0.25) is 11.8 Å². The Morgan fingerprint density at radius 3 is 2.10 bits per heavy atom. The number of hydrogen-bond acceptors (Lipinski definition) is 4. The molecule has 3 aromatic rings. The van der Waals surface area contributed by atoms with Crippen molar-refractivity contribution >= 4 is 62.3 Å². The van der Waals surface area contributed by atoms with Crippen molar-refractivity contribution in [2.24, 2.45) is 0 Å². The van der Waals surface area contributed by atoms with Gasteiger partial charge in [-0.25, -0.2) is 8.42 Å². The van der Waals surface area contributed by atoms with Crippen molar-refractivity contribution in [3.05, 3.63) is 92.9 Å². The van der Waals surface area contributed by atoms with E-state index < -0.39 is 34.1 Å². The monoisotopic (exact) mass is 623 g/mol. The van der Waals surface area contributed by atoms with Gasteiger partial charge in [0, 0.05) is 17.1 Å². The van der Waals surface area contributed by atoms with Crippen molar-refractivity contribution in [3.8, 4) is 0 Å². The maximum absolute atomic E-state index is 14.0. The standard InChI is InChI=1S/C29H32Cl3N3O4S/c1-19-9-15-23(16-10-19)40(38,39)35(25-8-6-7-24(31)27(25)32)18-26(36)34(17-21-11-13-22(30)14-12-21)20(2)28(37)33-29(3,4)5/h6-16,20H,17-18H2,1-5H3,(H,33,37). The Hall–Kier alpha value is -2.78. The van der Waals surface area contributed by atoms with E-state index in [9.17, 15) is 18.0 Å². The molecule has 0 radical (unpaired) electrons. The van der Waals surface area contributed by atoms with Gasteiger partial charge in [0.05, 0.1) is 20.6 Å². The van der Waals surface area contributed by atoms with Crippen LogP contribution in [0.5, 0.6) is 0 Å². The third kappa shape index (κ3) is 7.91. The molecule has 3 aromatic carbocycles. The van der Waals surface area contributed by atoms with Gasteiger partial charge in [-0.1, -0.05) is 70.7 Å². The Bertz CT molecular complexity index is 1470. The Morgan fingerprint density at radius 2 is 1.52 bits per heavy atom. The van der Waals surface area contributed by atoms with Crippen LogP contribution in [0.2, 0.25) is 15.1 Å². The normalized spacial score (nSPS) is 12.5. The van der Waals surface area contributed by atoms with Gasteiger partial charge in [-0.3, -0.25) is 13.9 Å². The summed E-state index contributed by atoms with van der Waals surface area (Å²) in [5.41, 5.74) is 1.08. The highest BCUT2D eigenvalue weighted by Crippen LogP contribution is 2.35. The van der Waals surface area contributed by atoms with E-state index in [-0.39, 0.29) is 33.1 Å². The summed E-state index contributed by atoms with van der Waals surface area (Å²) < 4.78 is 28.8. The van der Waals surface area contributed by atoms with Crippen molar-refractivity contribution in [1.29, 1.82) is 0 Å². The molecular formula is C29H32Cl3N3O4S. The third-order valence-corrected chi connectivity index (χ3v) is 8.85. The lowest BCUT2D eigenvalue weighted by Gasteiger charge is -2.33. The zero-order valence-corrected chi connectivity index (χ0v) is 26.0. The molecule has 0 aliphatic carbocycles. The molecule has 7 nitrogen and oxygen atoms in total. The minimum Gasteiger partial charge on any atom is -0.350 e. The van der Waals surface area contributed by atoms with Crippen LogP contribution in [-0.4, -0.2) is 43.3 Å². The van der Waals surface area contributed by atoms with E-state index >= 15 is 0 Å². The molecule has 1 atom stereocenters. The summed E-state index contributed by atoms with van der Waals surface area (Å²) in [5, 5.41) is 3.52. The molecule has 0 aliphatic heterocycles. The van der Waals surface area contributed by atoms with Gasteiger partial charge in [-0.15, -0.1) is 0 Å². The zero-order chi connectivity index (χ0) is 29.8. The van der Waals surface area contributed by atoms with Crippen LogP contribution in [0.15, 0.2) is 71.6 Å². The second-order valence-electron chi connectivity index (χ2n) is 10.5. The molecule has 0 aliphatic rings. The molecule has 0 saturated carbocycles. The second kappa shape index (κ2) is 12.8. The highest BCUT2D eigenvalue weighted by molar-refractivity contribution is 7.92. The molecule has 40 heavy (non-hydrogen) atoms. The summed E-state index contributed by atoms with van der Waals surface area (Å²) in [4.78, 5) is 28.4. The number of amides is 2. The minimum absolute atomic E-state index is 0.0181. The topological polar surface area (TPSA) is 86.8 Å². The first-order chi connectivity index (χ1) is 18.6. The van der Waals surface area contributed by atoms with Crippen molar-refractivity contribution in [2.45, 2.75) is 57.6 Å². The smallest absolute Gasteiger partial charge is 0.264 e. The summed E-state index contributed by atoms with van der Waals surface area (Å²) in [5.74, 6) is -0.998. The quantitative estimate of drug-likeness (QED) is 0.295. The molecule has 1 unspecified atom stereocenters. The molecule has 0 spiro atoms. The molecule has 3 rings (SSSR count). The fourth-order valence-corrected chi connectivity index (χ4v) is 5.88. The van der Waals surface area contributed by atoms with Gasteiger partial charge in [0.25, 0.3) is 10.0 Å². The number of aryl methyl sites for hydroxylation is 1. The minimum atomic E-state index is -4.27. The lowest BCUT2D eigenvalue weighted by atomic mass is 10.1. The van der Waals surface area contributed by atoms with Crippen molar-refractivity contribution in [2.75, 3.05) is 10.8 Å². The Balaban J connectivity index is 2.08. The number of nitrogens with zero attached hydrogens (tertiary/aromatic N) is 2. The number of carbonyl (C=O) groups is 2. The third-order valence-electron chi connectivity index (χ3n) is 6.02. The summed E-state index contributed by atoms with van der Waals surface area (Å²) in [7, 11) is -4.27. The first-order valence-corrected chi connectivity index (χ1v) is 15.1. The van der Waals surface area contributed by atoms with E-state index in [2.05, 4.69) is 5.32 Å². The number of nitrogens with one attached hydrogen (secondary N) is 1. The molecule has 0 heterocycles. The number of sulfonamides is 1. The fraction of sp³-hybridized carbons (Fsp3) is 0.310. The van der Waals surface area contributed by atoms with E-state index in [1.807, 2.05) is 27.7 Å². The molecule has 214 valence electrons. The summed E-state index contributed by atoms with van der Waals surface area (Å²) >= 11 is 18.7. The highest BCUT2D eigenvalue weighted by atomic mass is 35.5. The van der Waals surface area contributed by atoms with Gasteiger partial charge in [0.1, 0.15) is 12.6 Å². The van der Waals surface area contributed by atoms with Crippen molar-refractivity contribution in [1.82, 2.24) is 10.2 Å². The van der Waals surface area contributed by atoms with Gasteiger partial charge in [0.15, 0.2) is 0 Å². The van der Waals surface area contributed by atoms with E-state index in [1.165, 1.54) is 29.2 Å². The van der Waals surface area contributed by atoms with Crippen LogP contribution in [0, 0.1) is 6.92 Å². The molecule has 11 heteroatoms. The van der Waals surface area contributed by atoms with Crippen LogP contribution in [0.25, 0.3) is 0 Å². The zero-order valence-electron chi connectivity index (χ0n) is 22.9. The number of anilines is 1. The number of benzene rings is 3. The number of rotatable bonds is 9. The van der Waals surface area contributed by atoms with Crippen LogP contribution in [0.3, 0.4) is 0 Å². The second-order valence-corrected chi connectivity index (χ2v) is 13.5. The predicted octanol–water partition coefficient (Wildman–Crippen LogP) is 6.48. The average Bonchev–Trinajstić information content (AvgIpc) is 2.87. The van der Waals surface area contributed by atoms with Gasteiger partial charge in [-0.05, 0) is 76.6 Å². The average molecular weight is 625 g/mol. The first-order valence-electron chi connectivity index (χ1n) is 12.5. The van der Waals surface area contributed by atoms with Gasteiger partial charge in [-0.2, -0.15) is 0 Å². The molecular weight excluding hydrogens is 593 g/mol. The van der Waals surface area contributed by atoms with E-state index in [0.29, 0.717) is 10.6 Å². The summed E-state index contributed by atoms with van der Waals surface area (Å²) in [6.07, 6.45) is 0. The number of halogens is 3. The maximum Gasteiger partial charge on any atom is 0.264 e. The number of carbonyl (C=O) groups excluding carboxylic acids is 2. The van der Waals surface area contributed by atoms with Crippen LogP contribution in [-0.2, 0) is 26.2 Å². The van der Waals surface area contributed by atoms with Crippen molar-refractivity contribution < 1.29 is 18.0 Å². The summed E-state index contributed by atoms with van der Waals surface area (Å²) in [6, 6.07) is 16.7. The SMILES string of the molecule is Cc1ccc(S(=O)(=O)N(CC(=O)N(Cc2ccc(Cl)cc2)C(C)C(=O)NC(C)(C)C)c2cccc(Cl)c2Cl)cc1. The molecule has 2 amide bonds. The fourth-order valence-electron chi connectivity index (χ4n) is 3.88. The van der Waals surface area contributed by atoms with E-state index in [4.69, 9.17) is 34.8 Å². The number of hydrogen-bond donors (Lipinski definition) is 1. The lowest BCUT2D eigenvalue weighted by Crippen LogP contribution is -2.54. The van der Waals surface area contributed by atoms with E-state index in [1.54, 1.807) is 49.4 Å².